The van der Waals surface area contributed by atoms with Crippen LogP contribution in [0.25, 0.3) is 0 Å². The van der Waals surface area contributed by atoms with E-state index in [0.717, 1.165) is 45.3 Å². The molecule has 2 atom stereocenters. The predicted molar refractivity (Wildman–Crippen MR) is 73.9 cm³/mol. The summed E-state index contributed by atoms with van der Waals surface area (Å²) < 4.78 is 0. The molecule has 19 heavy (non-hydrogen) atoms. The van der Waals surface area contributed by atoms with Gasteiger partial charge in [-0.15, -0.1) is 0 Å². The first kappa shape index (κ1) is 16.0. The van der Waals surface area contributed by atoms with Gasteiger partial charge in [-0.3, -0.25) is 14.5 Å². The summed E-state index contributed by atoms with van der Waals surface area (Å²) in [6.07, 6.45) is 4.02. The van der Waals surface area contributed by atoms with Gasteiger partial charge in [0.15, 0.2) is 0 Å². The normalized spacial score (nSPS) is 21.9. The van der Waals surface area contributed by atoms with Crippen LogP contribution in [0.2, 0.25) is 0 Å². The number of carbonyl (C=O) groups excluding carboxylic acids is 1. The van der Waals surface area contributed by atoms with Crippen LogP contribution in [0.5, 0.6) is 0 Å². The van der Waals surface area contributed by atoms with E-state index in [9.17, 15) is 9.59 Å². The van der Waals surface area contributed by atoms with Crippen LogP contribution in [0.1, 0.15) is 46.0 Å². The second-order valence-corrected chi connectivity index (χ2v) is 5.40. The molecule has 0 saturated carbocycles. The van der Waals surface area contributed by atoms with Crippen LogP contribution >= 0.6 is 0 Å². The Morgan fingerprint density at radius 2 is 2.21 bits per heavy atom. The average Bonchev–Trinajstić information content (AvgIpc) is 2.42. The SMILES string of the molecule is CCCNC(=O)C(C)N1CCCC(CCC(=O)O)C1. The zero-order valence-corrected chi connectivity index (χ0v) is 12.0. The number of nitrogens with one attached hydrogen (secondary N) is 1. The van der Waals surface area contributed by atoms with Gasteiger partial charge in [0, 0.05) is 19.5 Å². The van der Waals surface area contributed by atoms with Crippen molar-refractivity contribution in [3.05, 3.63) is 0 Å². The molecule has 1 heterocycles. The van der Waals surface area contributed by atoms with E-state index in [4.69, 9.17) is 5.11 Å². The highest BCUT2D eigenvalue weighted by molar-refractivity contribution is 5.81. The van der Waals surface area contributed by atoms with Gasteiger partial charge in [0.2, 0.25) is 5.91 Å². The molecule has 0 spiro atoms. The number of rotatable bonds is 7. The third-order valence-corrected chi connectivity index (χ3v) is 3.79. The van der Waals surface area contributed by atoms with Gasteiger partial charge in [-0.1, -0.05) is 6.92 Å². The maximum atomic E-state index is 11.9. The Kier molecular flexibility index (Phi) is 6.84. The molecule has 0 radical (unpaired) electrons. The zero-order chi connectivity index (χ0) is 14.3. The molecule has 1 fully saturated rings. The molecular formula is C14H26N2O3. The van der Waals surface area contributed by atoms with Gasteiger partial charge in [0.05, 0.1) is 6.04 Å². The molecule has 110 valence electrons. The molecule has 5 heteroatoms. The molecule has 0 aromatic rings. The molecule has 2 unspecified atom stereocenters. The van der Waals surface area contributed by atoms with Crippen LogP contribution in [0, 0.1) is 5.92 Å². The smallest absolute Gasteiger partial charge is 0.303 e. The molecule has 1 aliphatic rings. The zero-order valence-electron chi connectivity index (χ0n) is 12.0. The van der Waals surface area contributed by atoms with E-state index in [1.54, 1.807) is 0 Å². The van der Waals surface area contributed by atoms with Crippen molar-refractivity contribution in [1.29, 1.82) is 0 Å². The number of nitrogens with zero attached hydrogens (tertiary/aromatic N) is 1. The standard InChI is InChI=1S/C14H26N2O3/c1-3-8-15-14(19)11(2)16-9-4-5-12(10-16)6-7-13(17)18/h11-12H,3-10H2,1-2H3,(H,15,19)(H,17,18). The first-order valence-corrected chi connectivity index (χ1v) is 7.28. The van der Waals surface area contributed by atoms with Crippen LogP contribution < -0.4 is 5.32 Å². The number of hydrogen-bond acceptors (Lipinski definition) is 3. The second-order valence-electron chi connectivity index (χ2n) is 5.40. The number of likely N-dealkylation sites (tertiary alicyclic amines) is 1. The summed E-state index contributed by atoms with van der Waals surface area (Å²) in [5.74, 6) is -0.238. The van der Waals surface area contributed by atoms with Crippen LogP contribution in [0.15, 0.2) is 0 Å². The number of carboxylic acids is 1. The van der Waals surface area contributed by atoms with E-state index in [1.165, 1.54) is 0 Å². The summed E-state index contributed by atoms with van der Waals surface area (Å²) in [7, 11) is 0. The second kappa shape index (κ2) is 8.15. The molecule has 0 bridgehead atoms. The third kappa shape index (κ3) is 5.59. The highest BCUT2D eigenvalue weighted by atomic mass is 16.4. The Balaban J connectivity index is 2.40. The van der Waals surface area contributed by atoms with Crippen LogP contribution in [0.3, 0.4) is 0 Å². The highest BCUT2D eigenvalue weighted by Crippen LogP contribution is 2.22. The summed E-state index contributed by atoms with van der Waals surface area (Å²) in [6.45, 7) is 6.47. The Morgan fingerprint density at radius 1 is 1.47 bits per heavy atom. The van der Waals surface area contributed by atoms with Crippen molar-refractivity contribution in [3.8, 4) is 0 Å². The molecule has 0 aromatic carbocycles. The molecule has 1 saturated heterocycles. The van der Waals surface area contributed by atoms with E-state index in [0.29, 0.717) is 5.92 Å². The fraction of sp³-hybridized carbons (Fsp3) is 0.857. The predicted octanol–water partition coefficient (Wildman–Crippen LogP) is 1.48. The summed E-state index contributed by atoms with van der Waals surface area (Å²) in [5.41, 5.74) is 0. The number of aliphatic carboxylic acids is 1. The van der Waals surface area contributed by atoms with Crippen LogP contribution in [-0.4, -0.2) is 47.6 Å². The van der Waals surface area contributed by atoms with Crippen LogP contribution in [0.4, 0.5) is 0 Å². The molecule has 5 nitrogen and oxygen atoms in total. The van der Waals surface area contributed by atoms with E-state index < -0.39 is 5.97 Å². The summed E-state index contributed by atoms with van der Waals surface area (Å²) in [4.78, 5) is 24.7. The van der Waals surface area contributed by atoms with Gasteiger partial charge in [-0.25, -0.2) is 0 Å². The Morgan fingerprint density at radius 3 is 2.84 bits per heavy atom. The van der Waals surface area contributed by atoms with Gasteiger partial charge >= 0.3 is 5.97 Å². The van der Waals surface area contributed by atoms with Crippen LogP contribution in [-0.2, 0) is 9.59 Å². The number of hydrogen-bond donors (Lipinski definition) is 2. The number of piperidine rings is 1. The lowest BCUT2D eigenvalue weighted by atomic mass is 9.92. The maximum Gasteiger partial charge on any atom is 0.303 e. The first-order valence-electron chi connectivity index (χ1n) is 7.28. The van der Waals surface area contributed by atoms with E-state index >= 15 is 0 Å². The summed E-state index contributed by atoms with van der Waals surface area (Å²) in [5, 5.41) is 11.6. The Hall–Kier alpha value is -1.10. The van der Waals surface area contributed by atoms with Crippen molar-refractivity contribution >= 4 is 11.9 Å². The lowest BCUT2D eigenvalue weighted by Gasteiger charge is -2.36. The van der Waals surface area contributed by atoms with Gasteiger partial charge < -0.3 is 10.4 Å². The van der Waals surface area contributed by atoms with Crippen molar-refractivity contribution in [2.75, 3.05) is 19.6 Å². The Labute approximate surface area is 115 Å². The highest BCUT2D eigenvalue weighted by Gasteiger charge is 2.27. The molecular weight excluding hydrogens is 244 g/mol. The van der Waals surface area contributed by atoms with E-state index in [-0.39, 0.29) is 18.4 Å². The average molecular weight is 270 g/mol. The monoisotopic (exact) mass is 270 g/mol. The lowest BCUT2D eigenvalue weighted by molar-refractivity contribution is -0.137. The topological polar surface area (TPSA) is 69.6 Å². The fourth-order valence-electron chi connectivity index (χ4n) is 2.57. The molecule has 1 amide bonds. The minimum atomic E-state index is -0.731. The van der Waals surface area contributed by atoms with Gasteiger partial charge in [-0.2, -0.15) is 0 Å². The lowest BCUT2D eigenvalue weighted by Crippen LogP contribution is -2.49. The number of carboxylic acid groups (broad SMARTS) is 1. The molecule has 0 aromatic heterocycles. The summed E-state index contributed by atoms with van der Waals surface area (Å²) in [6, 6.07) is -0.112. The van der Waals surface area contributed by atoms with Crippen molar-refractivity contribution in [1.82, 2.24) is 10.2 Å². The minimum Gasteiger partial charge on any atom is -0.481 e. The third-order valence-electron chi connectivity index (χ3n) is 3.79. The fourth-order valence-corrected chi connectivity index (χ4v) is 2.57. The summed E-state index contributed by atoms with van der Waals surface area (Å²) >= 11 is 0. The van der Waals surface area contributed by atoms with Crippen molar-refractivity contribution in [3.63, 3.8) is 0 Å². The Bertz CT molecular complexity index is 307. The van der Waals surface area contributed by atoms with Gasteiger partial charge in [0.1, 0.15) is 0 Å². The molecule has 2 N–H and O–H groups in total. The quantitative estimate of drug-likeness (QED) is 0.735. The van der Waals surface area contributed by atoms with Gasteiger partial charge in [-0.05, 0) is 45.1 Å². The number of carbonyl (C=O) groups is 2. The van der Waals surface area contributed by atoms with Crippen molar-refractivity contribution in [2.45, 2.75) is 52.0 Å². The van der Waals surface area contributed by atoms with E-state index in [2.05, 4.69) is 10.2 Å². The first-order chi connectivity index (χ1) is 9.04. The van der Waals surface area contributed by atoms with Crippen molar-refractivity contribution < 1.29 is 14.7 Å². The molecule has 0 aliphatic carbocycles. The minimum absolute atomic E-state index is 0.0840. The molecule has 1 aliphatic heterocycles. The van der Waals surface area contributed by atoms with E-state index in [1.807, 2.05) is 13.8 Å². The van der Waals surface area contributed by atoms with Gasteiger partial charge in [0.25, 0.3) is 0 Å². The largest absolute Gasteiger partial charge is 0.481 e. The number of amides is 1. The van der Waals surface area contributed by atoms with Crippen molar-refractivity contribution in [2.24, 2.45) is 5.92 Å². The molecule has 1 rings (SSSR count). The maximum absolute atomic E-state index is 11.9.